The topological polar surface area (TPSA) is 41.1 Å². The molecule has 110 valence electrons. The maximum Gasteiger partial charge on any atom is 0.227 e. The van der Waals surface area contributed by atoms with Gasteiger partial charge in [-0.1, -0.05) is 0 Å². The standard InChI is InChI=1S/C15H14Br2N2OS/c16-13-7-12(21-14(13)17)8-18-10-3-5-11(6-4-10)19-15(20)9-1-2-9/h3-7,9,18H,1-2,8H2,(H,19,20). The number of nitrogens with one attached hydrogen (secondary N) is 2. The second kappa shape index (κ2) is 6.50. The average molecular weight is 430 g/mol. The van der Waals surface area contributed by atoms with Crippen LogP contribution in [0.5, 0.6) is 0 Å². The maximum atomic E-state index is 11.7. The first-order chi connectivity index (χ1) is 10.1. The maximum absolute atomic E-state index is 11.7. The van der Waals surface area contributed by atoms with Gasteiger partial charge in [0.15, 0.2) is 0 Å². The Morgan fingerprint density at radius 1 is 1.19 bits per heavy atom. The summed E-state index contributed by atoms with van der Waals surface area (Å²) in [5.74, 6) is 0.377. The number of rotatable bonds is 5. The van der Waals surface area contributed by atoms with E-state index in [1.807, 2.05) is 24.3 Å². The molecule has 1 amide bonds. The minimum atomic E-state index is 0.143. The predicted octanol–water partition coefficient (Wildman–Crippen LogP) is 5.23. The van der Waals surface area contributed by atoms with E-state index in [-0.39, 0.29) is 11.8 Å². The normalized spacial score (nSPS) is 14.0. The van der Waals surface area contributed by atoms with Crippen LogP contribution in [0.2, 0.25) is 0 Å². The van der Waals surface area contributed by atoms with Crippen molar-refractivity contribution in [2.45, 2.75) is 19.4 Å². The van der Waals surface area contributed by atoms with Crippen molar-refractivity contribution in [3.63, 3.8) is 0 Å². The van der Waals surface area contributed by atoms with Crippen LogP contribution < -0.4 is 10.6 Å². The van der Waals surface area contributed by atoms with Crippen molar-refractivity contribution in [1.29, 1.82) is 0 Å². The smallest absolute Gasteiger partial charge is 0.227 e. The Balaban J connectivity index is 1.55. The lowest BCUT2D eigenvalue weighted by Gasteiger charge is -2.07. The molecule has 1 aromatic carbocycles. The molecule has 6 heteroatoms. The summed E-state index contributed by atoms with van der Waals surface area (Å²) in [7, 11) is 0. The van der Waals surface area contributed by atoms with Gasteiger partial charge in [-0.15, -0.1) is 11.3 Å². The van der Waals surface area contributed by atoms with Gasteiger partial charge < -0.3 is 10.6 Å². The number of anilines is 2. The van der Waals surface area contributed by atoms with Gasteiger partial charge in [0.25, 0.3) is 0 Å². The van der Waals surface area contributed by atoms with Crippen LogP contribution in [0.3, 0.4) is 0 Å². The van der Waals surface area contributed by atoms with E-state index >= 15 is 0 Å². The first-order valence-electron chi connectivity index (χ1n) is 6.70. The van der Waals surface area contributed by atoms with E-state index in [0.29, 0.717) is 0 Å². The van der Waals surface area contributed by atoms with Crippen molar-refractivity contribution in [3.05, 3.63) is 43.5 Å². The third kappa shape index (κ3) is 4.08. The highest BCUT2D eigenvalue weighted by molar-refractivity contribution is 9.13. The van der Waals surface area contributed by atoms with E-state index in [2.05, 4.69) is 48.6 Å². The van der Waals surface area contributed by atoms with Gasteiger partial charge in [-0.3, -0.25) is 4.79 Å². The minimum absolute atomic E-state index is 0.143. The van der Waals surface area contributed by atoms with Crippen LogP contribution in [0.1, 0.15) is 17.7 Å². The van der Waals surface area contributed by atoms with Gasteiger partial charge in [0.05, 0.1) is 3.79 Å². The number of carbonyl (C=O) groups excluding carboxylic acids is 1. The minimum Gasteiger partial charge on any atom is -0.380 e. The van der Waals surface area contributed by atoms with E-state index < -0.39 is 0 Å². The summed E-state index contributed by atoms with van der Waals surface area (Å²) in [6.45, 7) is 0.780. The average Bonchev–Trinajstić information content (AvgIpc) is 3.26. The first kappa shape index (κ1) is 15.1. The highest BCUT2D eigenvalue weighted by atomic mass is 79.9. The summed E-state index contributed by atoms with van der Waals surface area (Å²) in [5, 5.41) is 6.31. The molecule has 0 saturated heterocycles. The fraction of sp³-hybridized carbons (Fsp3) is 0.267. The number of benzene rings is 1. The Hall–Kier alpha value is -0.850. The molecular weight excluding hydrogens is 416 g/mol. The van der Waals surface area contributed by atoms with Crippen LogP contribution in [0, 0.1) is 5.92 Å². The van der Waals surface area contributed by atoms with Gasteiger partial charge in [-0.2, -0.15) is 0 Å². The molecule has 0 unspecified atom stereocenters. The van der Waals surface area contributed by atoms with Crippen molar-refractivity contribution < 1.29 is 4.79 Å². The molecule has 1 aliphatic rings. The summed E-state index contributed by atoms with van der Waals surface area (Å²) in [6.07, 6.45) is 2.05. The summed E-state index contributed by atoms with van der Waals surface area (Å²) < 4.78 is 2.19. The fourth-order valence-electron chi connectivity index (χ4n) is 1.93. The number of hydrogen-bond acceptors (Lipinski definition) is 3. The lowest BCUT2D eigenvalue weighted by Crippen LogP contribution is -2.13. The Morgan fingerprint density at radius 2 is 1.86 bits per heavy atom. The second-order valence-corrected chi connectivity index (χ2v) is 8.34. The SMILES string of the molecule is O=C(Nc1ccc(NCc2cc(Br)c(Br)s2)cc1)C1CC1. The zero-order valence-electron chi connectivity index (χ0n) is 11.2. The van der Waals surface area contributed by atoms with E-state index in [9.17, 15) is 4.79 Å². The molecule has 0 atom stereocenters. The molecule has 1 fully saturated rings. The van der Waals surface area contributed by atoms with Gasteiger partial charge in [0.2, 0.25) is 5.91 Å². The molecule has 1 saturated carbocycles. The van der Waals surface area contributed by atoms with Gasteiger partial charge in [-0.05, 0) is 75.0 Å². The van der Waals surface area contributed by atoms with Crippen LogP contribution in [-0.2, 0) is 11.3 Å². The van der Waals surface area contributed by atoms with E-state index in [0.717, 1.165) is 39.0 Å². The van der Waals surface area contributed by atoms with Crippen LogP contribution in [0.4, 0.5) is 11.4 Å². The summed E-state index contributed by atoms with van der Waals surface area (Å²) in [5.41, 5.74) is 1.90. The van der Waals surface area contributed by atoms with Crippen molar-refractivity contribution in [2.24, 2.45) is 5.92 Å². The fourth-order valence-corrected chi connectivity index (χ4v) is 4.05. The summed E-state index contributed by atoms with van der Waals surface area (Å²) in [4.78, 5) is 12.9. The Bertz CT molecular complexity index is 631. The molecule has 3 nitrogen and oxygen atoms in total. The highest BCUT2D eigenvalue weighted by Crippen LogP contribution is 2.33. The van der Waals surface area contributed by atoms with Crippen LogP contribution in [0.15, 0.2) is 38.6 Å². The van der Waals surface area contributed by atoms with Gasteiger partial charge >= 0.3 is 0 Å². The van der Waals surface area contributed by atoms with Crippen molar-refractivity contribution >= 4 is 60.5 Å². The number of halogens is 2. The van der Waals surface area contributed by atoms with Gasteiger partial charge in [-0.25, -0.2) is 0 Å². The summed E-state index contributed by atoms with van der Waals surface area (Å²) >= 11 is 8.69. The Morgan fingerprint density at radius 3 is 2.43 bits per heavy atom. The van der Waals surface area contributed by atoms with Crippen LogP contribution >= 0.6 is 43.2 Å². The molecule has 1 heterocycles. The summed E-state index contributed by atoms with van der Waals surface area (Å²) in [6, 6.07) is 9.94. The molecule has 0 radical (unpaired) electrons. The largest absolute Gasteiger partial charge is 0.380 e. The molecule has 0 spiro atoms. The van der Waals surface area contributed by atoms with Crippen LogP contribution in [0.25, 0.3) is 0 Å². The molecule has 0 bridgehead atoms. The van der Waals surface area contributed by atoms with Crippen molar-refractivity contribution in [1.82, 2.24) is 0 Å². The quantitative estimate of drug-likeness (QED) is 0.682. The second-order valence-electron chi connectivity index (χ2n) is 5.03. The predicted molar refractivity (Wildman–Crippen MR) is 94.8 cm³/mol. The molecule has 2 N–H and O–H groups in total. The molecule has 21 heavy (non-hydrogen) atoms. The lowest BCUT2D eigenvalue weighted by atomic mass is 10.2. The molecule has 0 aliphatic heterocycles. The van der Waals surface area contributed by atoms with E-state index in [1.165, 1.54) is 4.88 Å². The zero-order valence-corrected chi connectivity index (χ0v) is 15.1. The molecule has 1 aromatic heterocycles. The van der Waals surface area contributed by atoms with Gasteiger partial charge in [0, 0.05) is 33.2 Å². The van der Waals surface area contributed by atoms with Gasteiger partial charge in [0.1, 0.15) is 0 Å². The van der Waals surface area contributed by atoms with Crippen molar-refractivity contribution in [3.8, 4) is 0 Å². The third-order valence-electron chi connectivity index (χ3n) is 3.26. The molecule has 1 aliphatic carbocycles. The highest BCUT2D eigenvalue weighted by Gasteiger charge is 2.29. The molecule has 2 aromatic rings. The zero-order chi connectivity index (χ0) is 14.8. The number of carbonyl (C=O) groups is 1. The monoisotopic (exact) mass is 428 g/mol. The van der Waals surface area contributed by atoms with E-state index in [4.69, 9.17) is 0 Å². The Labute approximate surface area is 144 Å². The number of hydrogen-bond donors (Lipinski definition) is 2. The van der Waals surface area contributed by atoms with E-state index in [1.54, 1.807) is 11.3 Å². The number of thiophene rings is 1. The first-order valence-corrected chi connectivity index (χ1v) is 9.10. The van der Waals surface area contributed by atoms with Crippen LogP contribution in [-0.4, -0.2) is 5.91 Å². The number of amides is 1. The molecular formula is C15H14Br2N2OS. The van der Waals surface area contributed by atoms with Crippen molar-refractivity contribution in [2.75, 3.05) is 10.6 Å². The lowest BCUT2D eigenvalue weighted by molar-refractivity contribution is -0.117. The molecule has 3 rings (SSSR count). The Kier molecular flexibility index (Phi) is 4.66. The third-order valence-corrected chi connectivity index (χ3v) is 6.52.